The van der Waals surface area contributed by atoms with Gasteiger partial charge in [-0.05, 0) is 37.0 Å². The van der Waals surface area contributed by atoms with Crippen molar-refractivity contribution in [1.82, 2.24) is 15.2 Å². The molecule has 0 bridgehead atoms. The van der Waals surface area contributed by atoms with Crippen LogP contribution in [0, 0.1) is 11.8 Å². The van der Waals surface area contributed by atoms with Crippen molar-refractivity contribution in [3.63, 3.8) is 0 Å². The van der Waals surface area contributed by atoms with E-state index in [0.717, 1.165) is 42.9 Å². The van der Waals surface area contributed by atoms with Crippen molar-refractivity contribution in [3.05, 3.63) is 16.1 Å². The number of hydrogen-bond donors (Lipinski definition) is 1. The van der Waals surface area contributed by atoms with Gasteiger partial charge >= 0.3 is 0 Å². The number of aromatic nitrogens is 1. The fraction of sp³-hybridized carbons (Fsp3) is 0.706. The average molecular weight is 335 g/mol. The van der Waals surface area contributed by atoms with E-state index >= 15 is 0 Å². The molecule has 1 N–H and O–H groups in total. The molecule has 0 radical (unpaired) electrons. The van der Waals surface area contributed by atoms with Crippen LogP contribution in [-0.2, 0) is 4.79 Å². The normalized spacial score (nSPS) is 27.1. The van der Waals surface area contributed by atoms with E-state index in [0.29, 0.717) is 17.9 Å². The van der Waals surface area contributed by atoms with Crippen LogP contribution in [0.4, 0.5) is 0 Å². The third-order valence-corrected chi connectivity index (χ3v) is 5.93. The number of carbonyl (C=O) groups is 2. The Hall–Kier alpha value is -1.43. The Labute approximate surface area is 141 Å². The van der Waals surface area contributed by atoms with Crippen LogP contribution in [0.25, 0.3) is 0 Å². The van der Waals surface area contributed by atoms with Crippen LogP contribution in [0.15, 0.2) is 5.51 Å². The standard InChI is InChI=1S/C17H25N3O2S/c1-10(2)15-16(23-9-18-15)17(22)20-5-4-12(8-20)13-6-14(7-13)19-11(3)21/h9-10,12-14H,4-8H2,1-3H3,(H,19,21). The lowest BCUT2D eigenvalue weighted by molar-refractivity contribution is -0.120. The van der Waals surface area contributed by atoms with Crippen molar-refractivity contribution < 1.29 is 9.59 Å². The number of hydrogen-bond acceptors (Lipinski definition) is 4. The van der Waals surface area contributed by atoms with Gasteiger partial charge in [0.15, 0.2) is 0 Å². The van der Waals surface area contributed by atoms with E-state index in [-0.39, 0.29) is 17.7 Å². The van der Waals surface area contributed by atoms with Crippen molar-refractivity contribution >= 4 is 23.2 Å². The van der Waals surface area contributed by atoms with Gasteiger partial charge in [0.05, 0.1) is 11.2 Å². The summed E-state index contributed by atoms with van der Waals surface area (Å²) >= 11 is 1.46. The van der Waals surface area contributed by atoms with Gasteiger partial charge < -0.3 is 10.2 Å². The quantitative estimate of drug-likeness (QED) is 0.920. The highest BCUT2D eigenvalue weighted by Crippen LogP contribution is 2.39. The first-order valence-corrected chi connectivity index (χ1v) is 9.33. The topological polar surface area (TPSA) is 62.3 Å². The monoisotopic (exact) mass is 335 g/mol. The molecule has 1 aromatic heterocycles. The summed E-state index contributed by atoms with van der Waals surface area (Å²) in [5.41, 5.74) is 2.71. The number of thiazole rings is 1. The first kappa shape index (κ1) is 16.4. The molecule has 1 atom stereocenters. The maximum absolute atomic E-state index is 12.8. The van der Waals surface area contributed by atoms with Gasteiger partial charge in [0.2, 0.25) is 5.91 Å². The minimum atomic E-state index is 0.0584. The zero-order chi connectivity index (χ0) is 16.6. The summed E-state index contributed by atoms with van der Waals surface area (Å²) in [6.45, 7) is 7.43. The third kappa shape index (κ3) is 3.42. The van der Waals surface area contributed by atoms with Crippen LogP contribution in [0.2, 0.25) is 0 Å². The van der Waals surface area contributed by atoms with Gasteiger partial charge in [0.25, 0.3) is 5.91 Å². The molecule has 23 heavy (non-hydrogen) atoms. The Morgan fingerprint density at radius 2 is 2.09 bits per heavy atom. The van der Waals surface area contributed by atoms with Crippen molar-refractivity contribution in [2.75, 3.05) is 13.1 Å². The van der Waals surface area contributed by atoms with Gasteiger partial charge in [0, 0.05) is 26.1 Å². The number of likely N-dealkylation sites (tertiary alicyclic amines) is 1. The van der Waals surface area contributed by atoms with Crippen LogP contribution in [0.1, 0.15) is 61.3 Å². The van der Waals surface area contributed by atoms with Gasteiger partial charge in [-0.3, -0.25) is 9.59 Å². The van der Waals surface area contributed by atoms with Crippen molar-refractivity contribution in [1.29, 1.82) is 0 Å². The number of nitrogens with one attached hydrogen (secondary N) is 1. The number of rotatable bonds is 4. The minimum Gasteiger partial charge on any atom is -0.354 e. The Kier molecular flexibility index (Phi) is 4.71. The lowest BCUT2D eigenvalue weighted by Gasteiger charge is -2.39. The lowest BCUT2D eigenvalue weighted by Crippen LogP contribution is -2.46. The van der Waals surface area contributed by atoms with Gasteiger partial charge in [-0.25, -0.2) is 4.98 Å². The maximum atomic E-state index is 12.8. The molecule has 2 heterocycles. The van der Waals surface area contributed by atoms with E-state index in [2.05, 4.69) is 24.1 Å². The highest BCUT2D eigenvalue weighted by Gasteiger charge is 2.40. The summed E-state index contributed by atoms with van der Waals surface area (Å²) < 4.78 is 0. The van der Waals surface area contributed by atoms with Crippen LogP contribution in [-0.4, -0.2) is 40.8 Å². The van der Waals surface area contributed by atoms with Crippen LogP contribution in [0.5, 0.6) is 0 Å². The zero-order valence-electron chi connectivity index (χ0n) is 14.0. The summed E-state index contributed by atoms with van der Waals surface area (Å²) in [4.78, 5) is 31.0. The molecule has 1 saturated heterocycles. The van der Waals surface area contributed by atoms with E-state index < -0.39 is 0 Å². The average Bonchev–Trinajstić information content (AvgIpc) is 3.10. The number of carbonyl (C=O) groups excluding carboxylic acids is 2. The predicted molar refractivity (Wildman–Crippen MR) is 90.5 cm³/mol. The van der Waals surface area contributed by atoms with Crippen LogP contribution >= 0.6 is 11.3 Å². The smallest absolute Gasteiger partial charge is 0.265 e. The summed E-state index contributed by atoms with van der Waals surface area (Å²) in [5, 5.41) is 2.98. The van der Waals surface area contributed by atoms with Crippen molar-refractivity contribution in [2.45, 2.75) is 52.0 Å². The molecule has 1 aliphatic heterocycles. The van der Waals surface area contributed by atoms with E-state index in [1.54, 1.807) is 12.4 Å². The summed E-state index contributed by atoms with van der Waals surface area (Å²) in [5.74, 6) is 1.72. The molecule has 1 saturated carbocycles. The molecule has 2 amide bonds. The molecule has 6 heteroatoms. The van der Waals surface area contributed by atoms with E-state index in [4.69, 9.17) is 0 Å². The van der Waals surface area contributed by atoms with Crippen molar-refractivity contribution in [3.8, 4) is 0 Å². The van der Waals surface area contributed by atoms with Crippen LogP contribution in [0.3, 0.4) is 0 Å². The highest BCUT2D eigenvalue weighted by atomic mass is 32.1. The van der Waals surface area contributed by atoms with E-state index in [1.807, 2.05) is 4.90 Å². The first-order chi connectivity index (χ1) is 11.0. The molecule has 1 aliphatic carbocycles. The fourth-order valence-electron chi connectivity index (χ4n) is 3.78. The molecule has 1 aromatic rings. The number of nitrogens with zero attached hydrogens (tertiary/aromatic N) is 2. The maximum Gasteiger partial charge on any atom is 0.265 e. The Morgan fingerprint density at radius 1 is 1.35 bits per heavy atom. The predicted octanol–water partition coefficient (Wildman–Crippen LogP) is 2.64. The Balaban J connectivity index is 1.55. The summed E-state index contributed by atoms with van der Waals surface area (Å²) in [7, 11) is 0. The third-order valence-electron chi connectivity index (χ3n) is 5.10. The van der Waals surface area contributed by atoms with Crippen LogP contribution < -0.4 is 5.32 Å². The fourth-order valence-corrected chi connectivity index (χ4v) is 4.69. The zero-order valence-corrected chi connectivity index (χ0v) is 14.9. The van der Waals surface area contributed by atoms with E-state index in [9.17, 15) is 9.59 Å². The summed E-state index contributed by atoms with van der Waals surface area (Å²) in [6.07, 6.45) is 3.20. The minimum absolute atomic E-state index is 0.0584. The number of amides is 2. The molecular formula is C17H25N3O2S. The SMILES string of the molecule is CC(=O)NC1CC(C2CCN(C(=O)c3scnc3C(C)C)C2)C1. The molecule has 2 fully saturated rings. The van der Waals surface area contributed by atoms with Crippen molar-refractivity contribution in [2.24, 2.45) is 11.8 Å². The van der Waals surface area contributed by atoms with Gasteiger partial charge in [-0.2, -0.15) is 0 Å². The second-order valence-electron chi connectivity index (χ2n) is 7.15. The Bertz CT molecular complexity index is 592. The molecule has 1 unspecified atom stereocenters. The second kappa shape index (κ2) is 6.59. The molecule has 5 nitrogen and oxygen atoms in total. The molecule has 0 spiro atoms. The first-order valence-electron chi connectivity index (χ1n) is 8.45. The molecule has 3 rings (SSSR count). The molecule has 126 valence electrons. The van der Waals surface area contributed by atoms with Gasteiger partial charge in [0.1, 0.15) is 4.88 Å². The largest absolute Gasteiger partial charge is 0.354 e. The second-order valence-corrected chi connectivity index (χ2v) is 8.01. The van der Waals surface area contributed by atoms with Gasteiger partial charge in [-0.1, -0.05) is 13.8 Å². The molecule has 2 aliphatic rings. The Morgan fingerprint density at radius 3 is 2.74 bits per heavy atom. The lowest BCUT2D eigenvalue weighted by atomic mass is 9.72. The summed E-state index contributed by atoms with van der Waals surface area (Å²) in [6, 6.07) is 0.344. The van der Waals surface area contributed by atoms with E-state index in [1.165, 1.54) is 11.3 Å². The molecular weight excluding hydrogens is 310 g/mol. The van der Waals surface area contributed by atoms with Gasteiger partial charge in [-0.15, -0.1) is 11.3 Å². The molecule has 0 aromatic carbocycles. The highest BCUT2D eigenvalue weighted by molar-refractivity contribution is 7.11.